The summed E-state index contributed by atoms with van der Waals surface area (Å²) in [5.41, 5.74) is 0. The zero-order chi connectivity index (χ0) is 13.4. The lowest BCUT2D eigenvalue weighted by Gasteiger charge is -2.11. The van der Waals surface area contributed by atoms with Gasteiger partial charge in [0.25, 0.3) is 0 Å². The van der Waals surface area contributed by atoms with Crippen molar-refractivity contribution in [1.29, 1.82) is 10.8 Å². The second-order valence-electron chi connectivity index (χ2n) is 4.44. The van der Waals surface area contributed by atoms with Gasteiger partial charge in [-0.3, -0.25) is 15.6 Å². The Bertz CT molecular complexity index is 310. The number of amidine groups is 2. The highest BCUT2D eigenvalue weighted by atomic mass is 16.1. The monoisotopic (exact) mass is 238 g/mol. The van der Waals surface area contributed by atoms with Crippen molar-refractivity contribution in [2.24, 2.45) is 16.8 Å². The predicted molar refractivity (Wildman–Crippen MR) is 71.2 cm³/mol. The summed E-state index contributed by atoms with van der Waals surface area (Å²) in [6.45, 7) is 9.14. The predicted octanol–water partition coefficient (Wildman–Crippen LogP) is 1.87. The van der Waals surface area contributed by atoms with Gasteiger partial charge in [-0.1, -0.05) is 20.8 Å². The molecule has 0 saturated carbocycles. The summed E-state index contributed by atoms with van der Waals surface area (Å²) in [6, 6.07) is 0. The minimum atomic E-state index is -0.0407. The Morgan fingerprint density at radius 2 is 1.94 bits per heavy atom. The van der Waals surface area contributed by atoms with E-state index in [9.17, 15) is 4.79 Å². The van der Waals surface area contributed by atoms with E-state index in [1.54, 1.807) is 0 Å². The first kappa shape index (κ1) is 15.5. The van der Waals surface area contributed by atoms with E-state index in [4.69, 9.17) is 10.8 Å². The van der Waals surface area contributed by atoms with Gasteiger partial charge in [-0.25, -0.2) is 4.99 Å². The van der Waals surface area contributed by atoms with E-state index in [1.807, 2.05) is 20.8 Å². The fraction of sp³-hybridized carbons (Fsp3) is 0.667. The molecule has 0 rings (SSSR count). The molecule has 0 aliphatic carbocycles. The van der Waals surface area contributed by atoms with Crippen LogP contribution in [0, 0.1) is 22.7 Å². The van der Waals surface area contributed by atoms with Crippen LogP contribution in [0.2, 0.25) is 0 Å². The van der Waals surface area contributed by atoms with Crippen LogP contribution in [0.15, 0.2) is 4.99 Å². The smallest absolute Gasteiger partial charge is 0.151 e. The average molecular weight is 238 g/mol. The van der Waals surface area contributed by atoms with Gasteiger partial charge >= 0.3 is 0 Å². The van der Waals surface area contributed by atoms with Crippen LogP contribution in [0.25, 0.3) is 0 Å². The van der Waals surface area contributed by atoms with Crippen LogP contribution in [0.3, 0.4) is 0 Å². The van der Waals surface area contributed by atoms with Gasteiger partial charge in [0.1, 0.15) is 5.84 Å². The molecule has 0 spiro atoms. The van der Waals surface area contributed by atoms with Gasteiger partial charge in [0.05, 0.1) is 12.4 Å². The standard InChI is InChI=1S/C12H22N4O/c1-8(2)11(13)16-7-10(17)6-5-9(3)12(14)15-4/h8-9,14H,4-7H2,1-3H3,(H2,13,16). The highest BCUT2D eigenvalue weighted by molar-refractivity contribution is 5.89. The van der Waals surface area contributed by atoms with Crippen LogP contribution in [0.4, 0.5) is 0 Å². The van der Waals surface area contributed by atoms with Crippen LogP contribution in [-0.2, 0) is 4.79 Å². The molecule has 0 aliphatic rings. The summed E-state index contributed by atoms with van der Waals surface area (Å²) in [5, 5.41) is 17.7. The molecule has 0 aromatic rings. The van der Waals surface area contributed by atoms with Gasteiger partial charge in [-0.2, -0.15) is 0 Å². The third-order valence-corrected chi connectivity index (χ3v) is 2.55. The maximum Gasteiger partial charge on any atom is 0.151 e. The van der Waals surface area contributed by atoms with Crippen molar-refractivity contribution in [2.45, 2.75) is 33.6 Å². The van der Waals surface area contributed by atoms with Crippen LogP contribution in [0.1, 0.15) is 33.6 Å². The van der Waals surface area contributed by atoms with E-state index in [-0.39, 0.29) is 30.0 Å². The third kappa shape index (κ3) is 6.60. The first-order valence-corrected chi connectivity index (χ1v) is 5.77. The lowest BCUT2D eigenvalue weighted by atomic mass is 10.0. The average Bonchev–Trinajstić information content (AvgIpc) is 2.31. The fourth-order valence-electron chi connectivity index (χ4n) is 1.16. The maximum atomic E-state index is 11.5. The summed E-state index contributed by atoms with van der Waals surface area (Å²) < 4.78 is 0. The number of ketones is 1. The second kappa shape index (κ2) is 7.70. The molecule has 5 nitrogen and oxygen atoms in total. The van der Waals surface area contributed by atoms with Crippen LogP contribution >= 0.6 is 0 Å². The number of carbonyl (C=O) groups excluding carboxylic acids is 1. The van der Waals surface area contributed by atoms with Crippen molar-refractivity contribution in [1.82, 2.24) is 5.32 Å². The second-order valence-corrected chi connectivity index (χ2v) is 4.44. The molecule has 0 aromatic heterocycles. The minimum absolute atomic E-state index is 0.0407. The van der Waals surface area contributed by atoms with Crippen molar-refractivity contribution in [2.75, 3.05) is 6.54 Å². The molecule has 1 atom stereocenters. The largest absolute Gasteiger partial charge is 0.367 e. The summed E-state index contributed by atoms with van der Waals surface area (Å²) in [5.74, 6) is 0.729. The summed E-state index contributed by atoms with van der Waals surface area (Å²) in [7, 11) is 0. The molecule has 3 N–H and O–H groups in total. The molecule has 0 amide bonds. The number of rotatable bonds is 7. The van der Waals surface area contributed by atoms with Crippen molar-refractivity contribution in [3.63, 3.8) is 0 Å². The van der Waals surface area contributed by atoms with Gasteiger partial charge in [-0.15, -0.1) is 0 Å². The molecule has 0 radical (unpaired) electrons. The van der Waals surface area contributed by atoms with Gasteiger partial charge in [0.2, 0.25) is 0 Å². The molecule has 0 aliphatic heterocycles. The van der Waals surface area contributed by atoms with Gasteiger partial charge < -0.3 is 5.32 Å². The summed E-state index contributed by atoms with van der Waals surface area (Å²) in [6.07, 6.45) is 1.00. The van der Waals surface area contributed by atoms with Crippen molar-refractivity contribution < 1.29 is 4.79 Å². The van der Waals surface area contributed by atoms with E-state index < -0.39 is 0 Å². The normalized spacial score (nSPS) is 12.0. The van der Waals surface area contributed by atoms with E-state index in [1.165, 1.54) is 0 Å². The molecule has 0 aromatic carbocycles. The quantitative estimate of drug-likeness (QED) is 0.467. The van der Waals surface area contributed by atoms with E-state index in [0.29, 0.717) is 18.7 Å². The van der Waals surface area contributed by atoms with Crippen LogP contribution in [0.5, 0.6) is 0 Å². The molecule has 1 unspecified atom stereocenters. The first-order valence-electron chi connectivity index (χ1n) is 5.77. The van der Waals surface area contributed by atoms with E-state index >= 15 is 0 Å². The Kier molecular flexibility index (Phi) is 7.02. The molecule has 96 valence electrons. The van der Waals surface area contributed by atoms with Crippen LogP contribution < -0.4 is 5.32 Å². The van der Waals surface area contributed by atoms with Crippen molar-refractivity contribution >= 4 is 24.2 Å². The Labute approximate surface area is 103 Å². The third-order valence-electron chi connectivity index (χ3n) is 2.55. The SMILES string of the molecule is C=NC(=N)C(C)CCC(=O)CNC(=N)C(C)C. The number of aliphatic imine (C=N–C) groups is 1. The fourth-order valence-corrected chi connectivity index (χ4v) is 1.16. The molecule has 0 saturated heterocycles. The zero-order valence-corrected chi connectivity index (χ0v) is 10.8. The molecular weight excluding hydrogens is 216 g/mol. The van der Waals surface area contributed by atoms with Crippen LogP contribution in [-0.4, -0.2) is 30.7 Å². The first-order chi connectivity index (χ1) is 7.88. The van der Waals surface area contributed by atoms with Crippen molar-refractivity contribution in [3.8, 4) is 0 Å². The summed E-state index contributed by atoms with van der Waals surface area (Å²) in [4.78, 5) is 15.0. The number of carbonyl (C=O) groups is 1. The maximum absolute atomic E-state index is 11.5. The zero-order valence-electron chi connectivity index (χ0n) is 10.8. The highest BCUT2D eigenvalue weighted by Gasteiger charge is 2.11. The lowest BCUT2D eigenvalue weighted by molar-refractivity contribution is -0.118. The highest BCUT2D eigenvalue weighted by Crippen LogP contribution is 2.07. The topological polar surface area (TPSA) is 89.2 Å². The van der Waals surface area contributed by atoms with Crippen molar-refractivity contribution in [3.05, 3.63) is 0 Å². The molecular formula is C12H22N4O. The number of Topliss-reactive ketones (excluding diaryl/α,β-unsaturated/α-hetero) is 1. The van der Waals surface area contributed by atoms with E-state index in [0.717, 1.165) is 0 Å². The number of nitrogens with zero attached hydrogens (tertiary/aromatic N) is 1. The van der Waals surface area contributed by atoms with Gasteiger partial charge in [0, 0.05) is 18.3 Å². The summed E-state index contributed by atoms with van der Waals surface area (Å²) >= 11 is 0. The minimum Gasteiger partial charge on any atom is -0.367 e. The Morgan fingerprint density at radius 3 is 2.41 bits per heavy atom. The number of hydrogen-bond donors (Lipinski definition) is 3. The number of hydrogen-bond acceptors (Lipinski definition) is 3. The van der Waals surface area contributed by atoms with Gasteiger partial charge in [0.15, 0.2) is 5.78 Å². The Hall–Kier alpha value is -1.52. The molecule has 0 heterocycles. The molecule has 17 heavy (non-hydrogen) atoms. The number of nitrogens with one attached hydrogen (secondary N) is 3. The molecule has 0 fully saturated rings. The van der Waals surface area contributed by atoms with Gasteiger partial charge in [-0.05, 0) is 13.1 Å². The Morgan fingerprint density at radius 1 is 1.35 bits per heavy atom. The molecule has 5 heteroatoms. The lowest BCUT2D eigenvalue weighted by Crippen LogP contribution is -2.32. The molecule has 0 bridgehead atoms. The Balaban J connectivity index is 3.84. The van der Waals surface area contributed by atoms with E-state index in [2.05, 4.69) is 17.0 Å².